The smallest absolute Gasteiger partial charge is 0.218 e. The molecule has 0 saturated carbocycles. The second-order valence-corrected chi connectivity index (χ2v) is 5.99. The molecule has 0 amide bonds. The van der Waals surface area contributed by atoms with E-state index in [2.05, 4.69) is 6.07 Å². The molecule has 0 saturated heterocycles. The average Bonchev–Trinajstić information content (AvgIpc) is 2.53. The van der Waals surface area contributed by atoms with Gasteiger partial charge in [0.2, 0.25) is 8.03 Å². The molecule has 3 aromatic carbocycles. The van der Waals surface area contributed by atoms with Gasteiger partial charge in [-0.3, -0.25) is 4.57 Å². The molecule has 1 N–H and O–H groups in total. The van der Waals surface area contributed by atoms with Gasteiger partial charge in [0.05, 0.1) is 0 Å². The van der Waals surface area contributed by atoms with Crippen molar-refractivity contribution in [2.45, 2.75) is 6.61 Å². The summed E-state index contributed by atoms with van der Waals surface area (Å²) in [6, 6.07) is 21.1. The van der Waals surface area contributed by atoms with Crippen molar-refractivity contribution in [2.24, 2.45) is 0 Å². The minimum Gasteiger partial charge on any atom is -0.489 e. The summed E-state index contributed by atoms with van der Waals surface area (Å²) in [5.41, 5.74) is 0.882. The number of rotatable bonds is 4. The largest absolute Gasteiger partial charge is 0.489 e. The van der Waals surface area contributed by atoms with Crippen molar-refractivity contribution < 1.29 is 14.2 Å². The summed E-state index contributed by atoms with van der Waals surface area (Å²) in [6.45, 7) is 0.376. The van der Waals surface area contributed by atoms with Gasteiger partial charge in [0, 0.05) is 5.30 Å². The van der Waals surface area contributed by atoms with Crippen LogP contribution >= 0.6 is 8.03 Å². The highest BCUT2D eigenvalue weighted by Crippen LogP contribution is 2.21. The monoisotopic (exact) mass is 298 g/mol. The van der Waals surface area contributed by atoms with Gasteiger partial charge in [0.25, 0.3) is 0 Å². The Morgan fingerprint density at radius 2 is 1.71 bits per heavy atom. The van der Waals surface area contributed by atoms with Crippen LogP contribution in [0.3, 0.4) is 0 Å². The molecule has 0 heterocycles. The van der Waals surface area contributed by atoms with Crippen LogP contribution in [0.2, 0.25) is 0 Å². The van der Waals surface area contributed by atoms with Crippen molar-refractivity contribution in [1.29, 1.82) is 0 Å². The van der Waals surface area contributed by atoms with Crippen LogP contribution in [-0.2, 0) is 11.2 Å². The van der Waals surface area contributed by atoms with Gasteiger partial charge in [-0.25, -0.2) is 0 Å². The lowest BCUT2D eigenvalue weighted by atomic mass is 10.1. The first-order chi connectivity index (χ1) is 10.2. The third-order valence-corrected chi connectivity index (χ3v) is 4.11. The molecular weight excluding hydrogens is 283 g/mol. The van der Waals surface area contributed by atoms with Crippen LogP contribution in [-0.4, -0.2) is 4.89 Å². The highest BCUT2D eigenvalue weighted by molar-refractivity contribution is 7.47. The van der Waals surface area contributed by atoms with Crippen molar-refractivity contribution in [3.8, 4) is 5.75 Å². The molecule has 3 nitrogen and oxygen atoms in total. The quantitative estimate of drug-likeness (QED) is 0.750. The molecule has 1 atom stereocenters. The van der Waals surface area contributed by atoms with Crippen molar-refractivity contribution >= 4 is 24.1 Å². The van der Waals surface area contributed by atoms with Crippen LogP contribution in [0.15, 0.2) is 66.7 Å². The summed E-state index contributed by atoms with van der Waals surface area (Å²) >= 11 is 0. The highest BCUT2D eigenvalue weighted by Gasteiger charge is 2.02. The van der Waals surface area contributed by atoms with Gasteiger partial charge in [-0.2, -0.15) is 0 Å². The van der Waals surface area contributed by atoms with E-state index in [1.165, 1.54) is 5.39 Å². The van der Waals surface area contributed by atoms with Crippen LogP contribution in [0.4, 0.5) is 0 Å². The zero-order valence-corrected chi connectivity index (χ0v) is 12.3. The average molecular weight is 298 g/mol. The van der Waals surface area contributed by atoms with E-state index in [0.29, 0.717) is 11.9 Å². The van der Waals surface area contributed by atoms with Crippen molar-refractivity contribution in [3.05, 3.63) is 72.3 Å². The summed E-state index contributed by atoms with van der Waals surface area (Å²) in [5, 5.41) is 2.76. The molecule has 0 radical (unpaired) electrons. The molecule has 106 valence electrons. The lowest BCUT2D eigenvalue weighted by molar-refractivity contribution is 0.307. The molecule has 21 heavy (non-hydrogen) atoms. The van der Waals surface area contributed by atoms with Gasteiger partial charge < -0.3 is 9.63 Å². The van der Waals surface area contributed by atoms with E-state index >= 15 is 0 Å². The van der Waals surface area contributed by atoms with Crippen LogP contribution in [0.5, 0.6) is 5.75 Å². The fourth-order valence-electron chi connectivity index (χ4n) is 2.22. The summed E-state index contributed by atoms with van der Waals surface area (Å²) in [4.78, 5) is 9.16. The molecule has 1 unspecified atom stereocenters. The first-order valence-corrected chi connectivity index (χ1v) is 8.02. The van der Waals surface area contributed by atoms with E-state index in [1.807, 2.05) is 42.5 Å². The molecule has 3 rings (SSSR count). The zero-order chi connectivity index (χ0) is 14.7. The Kier molecular flexibility index (Phi) is 4.05. The van der Waals surface area contributed by atoms with E-state index in [0.717, 1.165) is 16.7 Å². The third kappa shape index (κ3) is 3.33. The van der Waals surface area contributed by atoms with E-state index < -0.39 is 8.03 Å². The molecule has 0 aliphatic heterocycles. The Balaban J connectivity index is 1.77. The van der Waals surface area contributed by atoms with Gasteiger partial charge >= 0.3 is 0 Å². The summed E-state index contributed by atoms with van der Waals surface area (Å²) in [7, 11) is -2.65. The molecule has 0 aliphatic carbocycles. The number of benzene rings is 3. The van der Waals surface area contributed by atoms with Gasteiger partial charge in [-0.15, -0.1) is 0 Å². The van der Waals surface area contributed by atoms with Crippen molar-refractivity contribution in [1.82, 2.24) is 0 Å². The van der Waals surface area contributed by atoms with Gasteiger partial charge in [0.1, 0.15) is 12.4 Å². The number of hydrogen-bond donors (Lipinski definition) is 1. The van der Waals surface area contributed by atoms with Crippen LogP contribution < -0.4 is 10.0 Å². The summed E-state index contributed by atoms with van der Waals surface area (Å²) in [5.74, 6) is 0.788. The maximum Gasteiger partial charge on any atom is 0.218 e. The summed E-state index contributed by atoms with van der Waals surface area (Å²) < 4.78 is 16.9. The molecule has 4 heteroatoms. The lowest BCUT2D eigenvalue weighted by Crippen LogP contribution is -2.01. The van der Waals surface area contributed by atoms with E-state index in [-0.39, 0.29) is 0 Å². The minimum atomic E-state index is -2.65. The fourth-order valence-corrected chi connectivity index (χ4v) is 2.77. The van der Waals surface area contributed by atoms with E-state index in [9.17, 15) is 4.57 Å². The first-order valence-electron chi connectivity index (χ1n) is 6.66. The number of hydrogen-bond acceptors (Lipinski definition) is 2. The summed E-state index contributed by atoms with van der Waals surface area (Å²) in [6.07, 6.45) is 0. The standard InChI is InChI=1S/C17H15O3P/c18-21(19)17-7-3-4-13(10-17)12-20-16-9-8-14-5-1-2-6-15(14)11-16/h1-11,21H,12H2,(H,18,19). The Hall–Kier alpha value is -2.09. The van der Waals surface area contributed by atoms with Crippen molar-refractivity contribution in [3.63, 3.8) is 0 Å². The van der Waals surface area contributed by atoms with E-state index in [1.54, 1.807) is 18.2 Å². The fraction of sp³-hybridized carbons (Fsp3) is 0.0588. The van der Waals surface area contributed by atoms with E-state index in [4.69, 9.17) is 9.63 Å². The van der Waals surface area contributed by atoms with Gasteiger partial charge in [0.15, 0.2) is 0 Å². The molecule has 0 spiro atoms. The number of fused-ring (bicyclic) bond motifs is 1. The Morgan fingerprint density at radius 3 is 2.52 bits per heavy atom. The highest BCUT2D eigenvalue weighted by atomic mass is 31.1. The first kappa shape index (κ1) is 13.9. The Morgan fingerprint density at radius 1 is 0.905 bits per heavy atom. The predicted molar refractivity (Wildman–Crippen MR) is 85.6 cm³/mol. The predicted octanol–water partition coefficient (Wildman–Crippen LogP) is 3.51. The zero-order valence-electron chi connectivity index (χ0n) is 11.3. The van der Waals surface area contributed by atoms with Crippen LogP contribution in [0, 0.1) is 0 Å². The van der Waals surface area contributed by atoms with Crippen LogP contribution in [0.1, 0.15) is 5.56 Å². The number of ether oxygens (including phenoxy) is 1. The Bertz CT molecular complexity index is 799. The van der Waals surface area contributed by atoms with Crippen LogP contribution in [0.25, 0.3) is 10.8 Å². The maximum absolute atomic E-state index is 11.1. The molecule has 3 aromatic rings. The topological polar surface area (TPSA) is 46.5 Å². The van der Waals surface area contributed by atoms with Gasteiger partial charge in [-0.05, 0) is 40.6 Å². The maximum atomic E-state index is 11.1. The molecule has 0 aromatic heterocycles. The third-order valence-electron chi connectivity index (χ3n) is 3.30. The molecule has 0 aliphatic rings. The minimum absolute atomic E-state index is 0.376. The van der Waals surface area contributed by atoms with Crippen molar-refractivity contribution in [2.75, 3.05) is 0 Å². The Labute approximate surface area is 123 Å². The molecule has 0 bridgehead atoms. The second-order valence-electron chi connectivity index (χ2n) is 4.80. The second kappa shape index (κ2) is 6.13. The molecule has 0 fully saturated rings. The molecular formula is C17H15O3P. The lowest BCUT2D eigenvalue weighted by Gasteiger charge is -2.08. The SMILES string of the molecule is O=[PH](O)c1cccc(COc2ccc3ccccc3c2)c1. The normalized spacial score (nSPS) is 12.2. The van der Waals surface area contributed by atoms with Gasteiger partial charge in [-0.1, -0.05) is 42.5 Å².